The van der Waals surface area contributed by atoms with Gasteiger partial charge in [-0.1, -0.05) is 6.42 Å². The van der Waals surface area contributed by atoms with Crippen molar-refractivity contribution >= 4 is 23.2 Å². The van der Waals surface area contributed by atoms with E-state index in [2.05, 4.69) is 10.7 Å². The third-order valence-corrected chi connectivity index (χ3v) is 7.00. The molecule has 2 heterocycles. The Morgan fingerprint density at radius 1 is 1.14 bits per heavy atom. The number of carbonyl (C=O) groups is 2. The molecular formula is C22H26FN3O2S. The van der Waals surface area contributed by atoms with E-state index < -0.39 is 0 Å². The summed E-state index contributed by atoms with van der Waals surface area (Å²) in [6.07, 6.45) is 5.75. The molecule has 7 heteroatoms. The van der Waals surface area contributed by atoms with Crippen molar-refractivity contribution in [2.75, 3.05) is 19.6 Å². The molecular weight excluding hydrogens is 389 g/mol. The molecule has 2 amide bonds. The van der Waals surface area contributed by atoms with Gasteiger partial charge in [-0.2, -0.15) is 0 Å². The van der Waals surface area contributed by atoms with E-state index in [1.807, 2.05) is 4.90 Å². The first-order chi connectivity index (χ1) is 14.1. The molecule has 1 aliphatic carbocycles. The molecule has 1 aromatic carbocycles. The fourth-order valence-electron chi connectivity index (χ4n) is 3.86. The molecule has 5 nitrogen and oxygen atoms in total. The minimum atomic E-state index is -0.331. The third kappa shape index (κ3) is 4.83. The number of likely N-dealkylation sites (tertiary alicyclic amines) is 1. The van der Waals surface area contributed by atoms with Crippen molar-refractivity contribution < 1.29 is 14.0 Å². The summed E-state index contributed by atoms with van der Waals surface area (Å²) in [7, 11) is 0. The van der Waals surface area contributed by atoms with Crippen LogP contribution in [0.15, 0.2) is 29.6 Å². The number of thiazole rings is 1. The number of halogens is 1. The van der Waals surface area contributed by atoms with Gasteiger partial charge in [0.25, 0.3) is 5.91 Å². The van der Waals surface area contributed by atoms with E-state index in [0.717, 1.165) is 42.8 Å². The average Bonchev–Trinajstić information content (AvgIpc) is 3.16. The predicted molar refractivity (Wildman–Crippen MR) is 110 cm³/mol. The number of hydrogen-bond acceptors (Lipinski definition) is 4. The Morgan fingerprint density at radius 3 is 2.52 bits per heavy atom. The third-order valence-electron chi connectivity index (χ3n) is 5.95. The van der Waals surface area contributed by atoms with Gasteiger partial charge in [-0.05, 0) is 49.9 Å². The highest BCUT2D eigenvalue weighted by Crippen LogP contribution is 2.31. The number of piperidine rings is 1. The van der Waals surface area contributed by atoms with Gasteiger partial charge >= 0.3 is 0 Å². The van der Waals surface area contributed by atoms with Gasteiger partial charge in [0, 0.05) is 48.8 Å². The van der Waals surface area contributed by atoms with E-state index in [1.165, 1.54) is 18.6 Å². The van der Waals surface area contributed by atoms with Crippen molar-refractivity contribution in [3.05, 3.63) is 51.7 Å². The molecule has 2 fully saturated rings. The number of hydrogen-bond donors (Lipinski definition) is 1. The van der Waals surface area contributed by atoms with Crippen LogP contribution in [0.3, 0.4) is 0 Å². The molecule has 4 rings (SSSR count). The van der Waals surface area contributed by atoms with Crippen molar-refractivity contribution in [3.8, 4) is 0 Å². The van der Waals surface area contributed by atoms with E-state index >= 15 is 0 Å². The van der Waals surface area contributed by atoms with Gasteiger partial charge in [0.1, 0.15) is 5.82 Å². The lowest BCUT2D eigenvalue weighted by atomic mass is 9.85. The van der Waals surface area contributed by atoms with E-state index in [4.69, 9.17) is 4.98 Å². The fraction of sp³-hybridized carbons (Fsp3) is 0.500. The molecule has 0 unspecified atom stereocenters. The fourth-order valence-corrected chi connectivity index (χ4v) is 4.88. The number of amides is 2. The van der Waals surface area contributed by atoms with Crippen LogP contribution in [-0.4, -0.2) is 41.3 Å². The highest BCUT2D eigenvalue weighted by Gasteiger charge is 2.27. The van der Waals surface area contributed by atoms with Crippen LogP contribution >= 0.6 is 11.3 Å². The molecule has 29 heavy (non-hydrogen) atoms. The maximum atomic E-state index is 13.1. The van der Waals surface area contributed by atoms with Crippen molar-refractivity contribution in [1.82, 2.24) is 15.2 Å². The van der Waals surface area contributed by atoms with Crippen LogP contribution in [-0.2, 0) is 11.2 Å². The van der Waals surface area contributed by atoms with Gasteiger partial charge in [0.15, 0.2) is 0 Å². The summed E-state index contributed by atoms with van der Waals surface area (Å²) in [5.74, 6) is 0.414. The first-order valence-electron chi connectivity index (χ1n) is 10.4. The van der Waals surface area contributed by atoms with Gasteiger partial charge in [0.05, 0.1) is 10.7 Å². The number of aromatic nitrogens is 1. The SMILES string of the molecule is O=C(NCCc1csc(C2CCN(C(=O)c3ccc(F)cc3)CC2)n1)C1CCC1. The second-order valence-corrected chi connectivity index (χ2v) is 8.81. The highest BCUT2D eigenvalue weighted by atomic mass is 32.1. The monoisotopic (exact) mass is 415 g/mol. The Hall–Kier alpha value is -2.28. The second kappa shape index (κ2) is 9.03. The topological polar surface area (TPSA) is 62.3 Å². The Kier molecular flexibility index (Phi) is 6.23. The lowest BCUT2D eigenvalue weighted by Gasteiger charge is -2.31. The smallest absolute Gasteiger partial charge is 0.253 e. The van der Waals surface area contributed by atoms with Gasteiger partial charge in [-0.15, -0.1) is 11.3 Å². The lowest BCUT2D eigenvalue weighted by Crippen LogP contribution is -2.37. The summed E-state index contributed by atoms with van der Waals surface area (Å²) in [5.41, 5.74) is 1.56. The number of nitrogens with one attached hydrogen (secondary N) is 1. The molecule has 2 aromatic rings. The minimum absolute atomic E-state index is 0.0366. The van der Waals surface area contributed by atoms with Crippen LogP contribution in [0.1, 0.15) is 59.1 Å². The maximum Gasteiger partial charge on any atom is 0.253 e. The van der Waals surface area contributed by atoms with Crippen LogP contribution in [0, 0.1) is 11.7 Å². The Labute approximate surface area is 174 Å². The van der Waals surface area contributed by atoms with E-state index in [1.54, 1.807) is 23.5 Å². The minimum Gasteiger partial charge on any atom is -0.355 e. The Bertz CT molecular complexity index is 855. The summed E-state index contributed by atoms with van der Waals surface area (Å²) in [6, 6.07) is 5.73. The molecule has 2 aliphatic rings. The quantitative estimate of drug-likeness (QED) is 0.781. The summed E-state index contributed by atoms with van der Waals surface area (Å²) in [6.45, 7) is 2.02. The molecule has 154 valence electrons. The zero-order valence-electron chi connectivity index (χ0n) is 16.4. The van der Waals surface area contributed by atoms with Crippen molar-refractivity contribution in [2.24, 2.45) is 5.92 Å². The molecule has 0 radical (unpaired) electrons. The molecule has 0 spiro atoms. The zero-order chi connectivity index (χ0) is 20.2. The molecule has 0 atom stereocenters. The molecule has 1 aliphatic heterocycles. The summed E-state index contributed by atoms with van der Waals surface area (Å²) < 4.78 is 13.1. The lowest BCUT2D eigenvalue weighted by molar-refractivity contribution is -0.127. The second-order valence-electron chi connectivity index (χ2n) is 7.92. The first-order valence-corrected chi connectivity index (χ1v) is 11.2. The van der Waals surface area contributed by atoms with Gasteiger partial charge in [0.2, 0.25) is 5.91 Å². The van der Waals surface area contributed by atoms with Crippen molar-refractivity contribution in [3.63, 3.8) is 0 Å². The van der Waals surface area contributed by atoms with Gasteiger partial charge < -0.3 is 10.2 Å². The van der Waals surface area contributed by atoms with E-state index in [-0.39, 0.29) is 23.5 Å². The van der Waals surface area contributed by atoms with Crippen LogP contribution < -0.4 is 5.32 Å². The Balaban J connectivity index is 1.24. The number of benzene rings is 1. The molecule has 1 saturated carbocycles. The molecule has 1 aromatic heterocycles. The van der Waals surface area contributed by atoms with Crippen LogP contribution in [0.25, 0.3) is 0 Å². The maximum absolute atomic E-state index is 13.1. The molecule has 1 saturated heterocycles. The van der Waals surface area contributed by atoms with Crippen LogP contribution in [0.2, 0.25) is 0 Å². The molecule has 0 bridgehead atoms. The standard InChI is InChI=1S/C22H26FN3O2S/c23-18-6-4-17(5-7-18)22(28)26-12-9-16(10-13-26)21-25-19(14-29-21)8-11-24-20(27)15-2-1-3-15/h4-7,14-16H,1-3,8-13H2,(H,24,27). The number of rotatable bonds is 6. The Morgan fingerprint density at radius 2 is 1.86 bits per heavy atom. The van der Waals surface area contributed by atoms with Crippen LogP contribution in [0.5, 0.6) is 0 Å². The number of carbonyl (C=O) groups excluding carboxylic acids is 2. The largest absolute Gasteiger partial charge is 0.355 e. The average molecular weight is 416 g/mol. The first kappa shape index (κ1) is 20.0. The predicted octanol–water partition coefficient (Wildman–Crippen LogP) is 3.76. The van der Waals surface area contributed by atoms with Gasteiger partial charge in [-0.3, -0.25) is 9.59 Å². The summed E-state index contributed by atoms with van der Waals surface area (Å²) in [4.78, 5) is 31.1. The zero-order valence-corrected chi connectivity index (χ0v) is 17.2. The van der Waals surface area contributed by atoms with E-state index in [0.29, 0.717) is 31.1 Å². The summed E-state index contributed by atoms with van der Waals surface area (Å²) >= 11 is 1.68. The normalized spacial score (nSPS) is 17.8. The number of nitrogens with zero attached hydrogens (tertiary/aromatic N) is 2. The summed E-state index contributed by atoms with van der Waals surface area (Å²) in [5, 5.41) is 6.23. The van der Waals surface area contributed by atoms with Crippen LogP contribution in [0.4, 0.5) is 4.39 Å². The van der Waals surface area contributed by atoms with Gasteiger partial charge in [-0.25, -0.2) is 9.37 Å². The highest BCUT2D eigenvalue weighted by molar-refractivity contribution is 7.09. The van der Waals surface area contributed by atoms with E-state index in [9.17, 15) is 14.0 Å². The molecule has 1 N–H and O–H groups in total. The van der Waals surface area contributed by atoms with Crippen molar-refractivity contribution in [1.29, 1.82) is 0 Å². The van der Waals surface area contributed by atoms with Crippen molar-refractivity contribution in [2.45, 2.75) is 44.4 Å².